The summed E-state index contributed by atoms with van der Waals surface area (Å²) in [6.45, 7) is 4.82. The maximum Gasteiger partial charge on any atom is 0.293 e. The SMILES string of the molecule is CN(CC(C)(C)CN)C(=O)c1ccc(Nc2ccccc2)c([N+](=O)[O-])c1.Cl. The molecule has 0 radical (unpaired) electrons. The second-order valence-corrected chi connectivity index (χ2v) is 7.01. The first-order chi connectivity index (χ1) is 12.2. The molecule has 0 aliphatic rings. The number of nitro benzene ring substituents is 1. The van der Waals surface area contributed by atoms with Crippen LogP contribution in [0.5, 0.6) is 0 Å². The molecule has 27 heavy (non-hydrogen) atoms. The lowest BCUT2D eigenvalue weighted by Crippen LogP contribution is -2.39. The van der Waals surface area contributed by atoms with Gasteiger partial charge in [0.25, 0.3) is 11.6 Å². The lowest BCUT2D eigenvalue weighted by atomic mass is 9.93. The second-order valence-electron chi connectivity index (χ2n) is 7.01. The smallest absolute Gasteiger partial charge is 0.293 e. The Bertz CT molecular complexity index is 797. The summed E-state index contributed by atoms with van der Waals surface area (Å²) in [6.07, 6.45) is 0. The summed E-state index contributed by atoms with van der Waals surface area (Å²) >= 11 is 0. The summed E-state index contributed by atoms with van der Waals surface area (Å²) in [5, 5.41) is 14.5. The average molecular weight is 393 g/mol. The van der Waals surface area contributed by atoms with Crippen LogP contribution in [-0.4, -0.2) is 35.9 Å². The maximum atomic E-state index is 12.6. The van der Waals surface area contributed by atoms with Crippen LogP contribution in [0.1, 0.15) is 24.2 Å². The largest absolute Gasteiger partial charge is 0.350 e. The monoisotopic (exact) mass is 392 g/mol. The van der Waals surface area contributed by atoms with Crippen molar-refractivity contribution in [3.05, 3.63) is 64.2 Å². The minimum Gasteiger partial charge on any atom is -0.350 e. The molecule has 0 aromatic heterocycles. The van der Waals surface area contributed by atoms with Crippen molar-refractivity contribution in [1.29, 1.82) is 0 Å². The fourth-order valence-corrected chi connectivity index (χ4v) is 2.60. The minimum atomic E-state index is -0.494. The summed E-state index contributed by atoms with van der Waals surface area (Å²) in [6, 6.07) is 13.6. The molecule has 2 aromatic rings. The molecule has 8 heteroatoms. The lowest BCUT2D eigenvalue weighted by molar-refractivity contribution is -0.383. The van der Waals surface area contributed by atoms with E-state index in [1.165, 1.54) is 11.0 Å². The number of nitrogens with one attached hydrogen (secondary N) is 1. The van der Waals surface area contributed by atoms with Crippen molar-refractivity contribution in [3.8, 4) is 0 Å². The van der Waals surface area contributed by atoms with Crippen LogP contribution in [0.2, 0.25) is 0 Å². The molecule has 0 bridgehead atoms. The first-order valence-electron chi connectivity index (χ1n) is 8.29. The molecule has 1 amide bonds. The van der Waals surface area contributed by atoms with Gasteiger partial charge in [-0.1, -0.05) is 32.0 Å². The van der Waals surface area contributed by atoms with Crippen molar-refractivity contribution < 1.29 is 9.72 Å². The van der Waals surface area contributed by atoms with Gasteiger partial charge in [-0.25, -0.2) is 0 Å². The number of rotatable bonds is 7. The molecule has 7 nitrogen and oxygen atoms in total. The molecule has 0 saturated carbocycles. The van der Waals surface area contributed by atoms with Gasteiger partial charge in [-0.05, 0) is 36.2 Å². The summed E-state index contributed by atoms with van der Waals surface area (Å²) in [7, 11) is 1.67. The van der Waals surface area contributed by atoms with Crippen LogP contribution < -0.4 is 11.1 Å². The number of nitro groups is 1. The van der Waals surface area contributed by atoms with Crippen LogP contribution in [0.15, 0.2) is 48.5 Å². The number of benzene rings is 2. The molecule has 0 saturated heterocycles. The van der Waals surface area contributed by atoms with Crippen molar-refractivity contribution in [2.75, 3.05) is 25.5 Å². The Morgan fingerprint density at radius 3 is 2.41 bits per heavy atom. The molecule has 2 aromatic carbocycles. The quantitative estimate of drug-likeness (QED) is 0.551. The lowest BCUT2D eigenvalue weighted by Gasteiger charge is -2.29. The highest BCUT2D eigenvalue weighted by Gasteiger charge is 2.24. The van der Waals surface area contributed by atoms with E-state index in [1.807, 2.05) is 44.2 Å². The maximum absolute atomic E-state index is 12.6. The third-order valence-corrected chi connectivity index (χ3v) is 4.06. The predicted molar refractivity (Wildman–Crippen MR) is 110 cm³/mol. The number of para-hydroxylation sites is 1. The van der Waals surface area contributed by atoms with Gasteiger partial charge in [0.1, 0.15) is 5.69 Å². The van der Waals surface area contributed by atoms with Crippen molar-refractivity contribution in [1.82, 2.24) is 4.90 Å². The van der Waals surface area contributed by atoms with E-state index in [-0.39, 0.29) is 35.0 Å². The van der Waals surface area contributed by atoms with E-state index in [4.69, 9.17) is 5.73 Å². The van der Waals surface area contributed by atoms with Gasteiger partial charge in [0.2, 0.25) is 0 Å². The van der Waals surface area contributed by atoms with Gasteiger partial charge < -0.3 is 16.0 Å². The molecule has 0 heterocycles. The third kappa shape index (κ3) is 5.94. The zero-order valence-corrected chi connectivity index (χ0v) is 16.5. The van der Waals surface area contributed by atoms with Crippen molar-refractivity contribution >= 4 is 35.4 Å². The number of nitrogens with two attached hydrogens (primary N) is 1. The van der Waals surface area contributed by atoms with E-state index < -0.39 is 4.92 Å². The number of hydrogen-bond acceptors (Lipinski definition) is 5. The number of carbonyl (C=O) groups excluding carboxylic acids is 1. The van der Waals surface area contributed by atoms with Gasteiger partial charge >= 0.3 is 0 Å². The van der Waals surface area contributed by atoms with E-state index >= 15 is 0 Å². The number of nitrogens with zero attached hydrogens (tertiary/aromatic N) is 2. The molecule has 2 rings (SSSR count). The van der Waals surface area contributed by atoms with E-state index in [2.05, 4.69) is 5.32 Å². The normalized spacial score (nSPS) is 10.7. The van der Waals surface area contributed by atoms with Crippen LogP contribution in [0.3, 0.4) is 0 Å². The zero-order chi connectivity index (χ0) is 19.3. The van der Waals surface area contributed by atoms with Gasteiger partial charge in [0, 0.05) is 30.9 Å². The molecule has 0 aliphatic carbocycles. The van der Waals surface area contributed by atoms with Crippen LogP contribution in [0, 0.1) is 15.5 Å². The molecular weight excluding hydrogens is 368 g/mol. The summed E-state index contributed by atoms with van der Waals surface area (Å²) in [4.78, 5) is 25.1. The van der Waals surface area contributed by atoms with E-state index in [1.54, 1.807) is 19.2 Å². The molecule has 0 aliphatic heterocycles. The number of anilines is 2. The standard InChI is InChI=1S/C19H24N4O3.ClH/c1-19(2,12-20)13-22(3)18(24)14-9-10-16(17(11-14)23(25)26)21-15-7-5-4-6-8-15;/h4-11,21H,12-13,20H2,1-3H3;1H. The Balaban J connectivity index is 0.00000364. The Hall–Kier alpha value is -2.64. The zero-order valence-electron chi connectivity index (χ0n) is 15.6. The highest BCUT2D eigenvalue weighted by molar-refractivity contribution is 5.95. The fraction of sp³-hybridized carbons (Fsp3) is 0.316. The van der Waals surface area contributed by atoms with Gasteiger partial charge in [-0.3, -0.25) is 14.9 Å². The van der Waals surface area contributed by atoms with Crippen molar-refractivity contribution in [2.24, 2.45) is 11.1 Å². The van der Waals surface area contributed by atoms with Crippen molar-refractivity contribution in [3.63, 3.8) is 0 Å². The van der Waals surface area contributed by atoms with Gasteiger partial charge in [0.05, 0.1) is 4.92 Å². The first-order valence-corrected chi connectivity index (χ1v) is 8.29. The number of amides is 1. The average Bonchev–Trinajstić information content (AvgIpc) is 2.61. The molecule has 0 fully saturated rings. The fourth-order valence-electron chi connectivity index (χ4n) is 2.60. The summed E-state index contributed by atoms with van der Waals surface area (Å²) in [5.74, 6) is -0.277. The van der Waals surface area contributed by atoms with Crippen LogP contribution in [0.4, 0.5) is 17.1 Å². The van der Waals surface area contributed by atoms with Gasteiger partial charge in [-0.2, -0.15) is 0 Å². The third-order valence-electron chi connectivity index (χ3n) is 4.06. The van der Waals surface area contributed by atoms with Crippen molar-refractivity contribution in [2.45, 2.75) is 13.8 Å². The van der Waals surface area contributed by atoms with Crippen LogP contribution in [-0.2, 0) is 0 Å². The number of carbonyl (C=O) groups is 1. The van der Waals surface area contributed by atoms with E-state index in [0.29, 0.717) is 18.8 Å². The molecule has 3 N–H and O–H groups in total. The topological polar surface area (TPSA) is 102 Å². The highest BCUT2D eigenvalue weighted by atomic mass is 35.5. The summed E-state index contributed by atoms with van der Waals surface area (Å²) in [5.41, 5.74) is 6.67. The molecule has 0 atom stereocenters. The van der Waals surface area contributed by atoms with Crippen LogP contribution in [0.25, 0.3) is 0 Å². The van der Waals surface area contributed by atoms with E-state index in [0.717, 1.165) is 5.69 Å². The Labute approximate surface area is 165 Å². The van der Waals surface area contributed by atoms with Gasteiger partial charge in [0.15, 0.2) is 0 Å². The predicted octanol–water partition coefficient (Wildman–Crippen LogP) is 3.82. The number of hydrogen-bond donors (Lipinski definition) is 2. The molecule has 146 valence electrons. The Morgan fingerprint density at radius 2 is 1.85 bits per heavy atom. The van der Waals surface area contributed by atoms with Crippen LogP contribution >= 0.6 is 12.4 Å². The Morgan fingerprint density at radius 1 is 1.22 bits per heavy atom. The van der Waals surface area contributed by atoms with Gasteiger partial charge in [-0.15, -0.1) is 12.4 Å². The molecular formula is C19H25ClN4O3. The molecule has 0 spiro atoms. The minimum absolute atomic E-state index is 0. The first kappa shape index (κ1) is 22.4. The highest BCUT2D eigenvalue weighted by Crippen LogP contribution is 2.29. The number of halogens is 1. The second kappa shape index (κ2) is 9.34. The van der Waals surface area contributed by atoms with E-state index in [9.17, 15) is 14.9 Å². The molecule has 0 unspecified atom stereocenters. The Kier molecular flexibility index (Phi) is 7.75. The summed E-state index contributed by atoms with van der Waals surface area (Å²) < 4.78 is 0.